The van der Waals surface area contributed by atoms with Crippen LogP contribution in [0.2, 0.25) is 0 Å². The summed E-state index contributed by atoms with van der Waals surface area (Å²) in [6.07, 6.45) is 5.06. The summed E-state index contributed by atoms with van der Waals surface area (Å²) in [6.45, 7) is 2.49. The number of nitrogens with zero attached hydrogens (tertiary/aromatic N) is 2. The van der Waals surface area contributed by atoms with Gasteiger partial charge < -0.3 is 16.0 Å². The fourth-order valence-corrected chi connectivity index (χ4v) is 2.49. The van der Waals surface area contributed by atoms with E-state index in [2.05, 4.69) is 29.3 Å². The van der Waals surface area contributed by atoms with E-state index in [4.69, 9.17) is 5.73 Å². The number of anilines is 1. The summed E-state index contributed by atoms with van der Waals surface area (Å²) in [5, 5.41) is 3.01. The molecule has 0 saturated heterocycles. The molecule has 0 bridgehead atoms. The van der Waals surface area contributed by atoms with Crippen molar-refractivity contribution in [3.63, 3.8) is 0 Å². The molecular formula is C14H22N4O. The van der Waals surface area contributed by atoms with E-state index in [0.717, 1.165) is 12.8 Å². The standard InChI is InChI=1S/C14H22N4O/c1-10-12(7-11(15)8-16-10)13(19)17-9-14(18(2)3)5-4-6-14/h7-8H,4-6,9,15H2,1-3H3,(H,17,19). The largest absolute Gasteiger partial charge is 0.397 e. The van der Waals surface area contributed by atoms with Crippen LogP contribution in [-0.2, 0) is 0 Å². The van der Waals surface area contributed by atoms with E-state index in [1.807, 2.05) is 6.92 Å². The number of nitrogens with one attached hydrogen (secondary N) is 1. The van der Waals surface area contributed by atoms with Gasteiger partial charge in [-0.15, -0.1) is 0 Å². The Bertz CT molecular complexity index is 480. The number of nitrogens with two attached hydrogens (primary N) is 1. The zero-order chi connectivity index (χ0) is 14.0. The van der Waals surface area contributed by atoms with E-state index in [9.17, 15) is 4.79 Å². The van der Waals surface area contributed by atoms with Gasteiger partial charge in [0.1, 0.15) is 0 Å². The molecule has 1 aliphatic carbocycles. The van der Waals surface area contributed by atoms with Crippen molar-refractivity contribution in [2.24, 2.45) is 0 Å². The maximum absolute atomic E-state index is 12.2. The van der Waals surface area contributed by atoms with Gasteiger partial charge in [-0.25, -0.2) is 0 Å². The SMILES string of the molecule is Cc1ncc(N)cc1C(=O)NCC1(N(C)C)CCC1. The number of nitrogen functional groups attached to an aromatic ring is 1. The molecule has 0 radical (unpaired) electrons. The molecule has 2 rings (SSSR count). The van der Waals surface area contributed by atoms with Crippen LogP contribution in [0.25, 0.3) is 0 Å². The number of aryl methyl sites for hydroxylation is 1. The highest BCUT2D eigenvalue weighted by Crippen LogP contribution is 2.35. The van der Waals surface area contributed by atoms with Crippen molar-refractivity contribution in [2.75, 3.05) is 26.4 Å². The Morgan fingerprint density at radius 2 is 2.21 bits per heavy atom. The summed E-state index contributed by atoms with van der Waals surface area (Å²) >= 11 is 0. The first-order valence-electron chi connectivity index (χ1n) is 6.62. The van der Waals surface area contributed by atoms with E-state index in [-0.39, 0.29) is 11.4 Å². The van der Waals surface area contributed by atoms with Crippen molar-refractivity contribution in [1.82, 2.24) is 15.2 Å². The van der Waals surface area contributed by atoms with E-state index >= 15 is 0 Å². The molecule has 1 heterocycles. The Morgan fingerprint density at radius 3 is 2.74 bits per heavy atom. The molecule has 3 N–H and O–H groups in total. The Morgan fingerprint density at radius 1 is 1.53 bits per heavy atom. The van der Waals surface area contributed by atoms with Gasteiger partial charge in [0, 0.05) is 12.1 Å². The van der Waals surface area contributed by atoms with Crippen molar-refractivity contribution in [3.05, 3.63) is 23.5 Å². The first kappa shape index (κ1) is 13.8. The van der Waals surface area contributed by atoms with Crippen molar-refractivity contribution in [3.8, 4) is 0 Å². The second kappa shape index (κ2) is 5.17. The molecule has 5 nitrogen and oxygen atoms in total. The Hall–Kier alpha value is -1.62. The summed E-state index contributed by atoms with van der Waals surface area (Å²) in [4.78, 5) is 18.5. The fourth-order valence-electron chi connectivity index (χ4n) is 2.49. The van der Waals surface area contributed by atoms with Gasteiger partial charge in [0.15, 0.2) is 0 Å². The van der Waals surface area contributed by atoms with Gasteiger partial charge in [0.05, 0.1) is 23.1 Å². The molecule has 0 unspecified atom stereocenters. The van der Waals surface area contributed by atoms with Gasteiger partial charge >= 0.3 is 0 Å². The third-order valence-electron chi connectivity index (χ3n) is 4.16. The van der Waals surface area contributed by atoms with Crippen LogP contribution in [0.4, 0.5) is 5.69 Å². The third kappa shape index (κ3) is 2.71. The van der Waals surface area contributed by atoms with Crippen LogP contribution >= 0.6 is 0 Å². The molecule has 1 aliphatic rings. The quantitative estimate of drug-likeness (QED) is 0.855. The topological polar surface area (TPSA) is 71.2 Å². The third-order valence-corrected chi connectivity index (χ3v) is 4.16. The lowest BCUT2D eigenvalue weighted by Crippen LogP contribution is -2.57. The summed E-state index contributed by atoms with van der Waals surface area (Å²) in [6, 6.07) is 1.68. The predicted octanol–water partition coefficient (Wildman–Crippen LogP) is 1.19. The number of rotatable bonds is 4. The van der Waals surface area contributed by atoms with Gasteiger partial charge in [0.2, 0.25) is 0 Å². The number of hydrogen-bond acceptors (Lipinski definition) is 4. The predicted molar refractivity (Wildman–Crippen MR) is 76.0 cm³/mol. The van der Waals surface area contributed by atoms with E-state index in [1.54, 1.807) is 12.3 Å². The van der Waals surface area contributed by atoms with Crippen molar-refractivity contribution < 1.29 is 4.79 Å². The van der Waals surface area contributed by atoms with Gasteiger partial charge in [-0.3, -0.25) is 9.78 Å². The summed E-state index contributed by atoms with van der Waals surface area (Å²) < 4.78 is 0. The average molecular weight is 262 g/mol. The molecule has 5 heteroatoms. The van der Waals surface area contributed by atoms with Gasteiger partial charge in [-0.05, 0) is 46.3 Å². The lowest BCUT2D eigenvalue weighted by Gasteiger charge is -2.47. The zero-order valence-electron chi connectivity index (χ0n) is 11.9. The first-order chi connectivity index (χ1) is 8.94. The highest BCUT2D eigenvalue weighted by atomic mass is 16.1. The van der Waals surface area contributed by atoms with Gasteiger partial charge in [-0.1, -0.05) is 0 Å². The highest BCUT2D eigenvalue weighted by molar-refractivity contribution is 5.96. The molecule has 104 valence electrons. The molecule has 1 saturated carbocycles. The van der Waals surface area contributed by atoms with Crippen LogP contribution in [0.15, 0.2) is 12.3 Å². The van der Waals surface area contributed by atoms with Crippen LogP contribution < -0.4 is 11.1 Å². The minimum atomic E-state index is -0.0922. The van der Waals surface area contributed by atoms with E-state index < -0.39 is 0 Å². The normalized spacial score (nSPS) is 17.1. The maximum atomic E-state index is 12.2. The first-order valence-corrected chi connectivity index (χ1v) is 6.62. The lowest BCUT2D eigenvalue weighted by atomic mass is 9.75. The number of carbonyl (C=O) groups is 1. The molecule has 0 aliphatic heterocycles. The molecule has 0 spiro atoms. The summed E-state index contributed by atoms with van der Waals surface area (Å²) in [5.74, 6) is -0.0922. The van der Waals surface area contributed by atoms with Crippen LogP contribution in [0, 0.1) is 6.92 Å². The minimum absolute atomic E-state index is 0.0922. The summed E-state index contributed by atoms with van der Waals surface area (Å²) in [7, 11) is 4.14. The van der Waals surface area contributed by atoms with Crippen molar-refractivity contribution >= 4 is 11.6 Å². The Balaban J connectivity index is 2.03. The number of pyridine rings is 1. The molecule has 1 aromatic rings. The number of hydrogen-bond donors (Lipinski definition) is 2. The lowest BCUT2D eigenvalue weighted by molar-refractivity contribution is 0.0557. The Labute approximate surface area is 114 Å². The number of aromatic nitrogens is 1. The number of likely N-dealkylation sites (N-methyl/N-ethyl adjacent to an activating group) is 1. The second-order valence-corrected chi connectivity index (χ2v) is 5.56. The number of carbonyl (C=O) groups excluding carboxylic acids is 1. The second-order valence-electron chi connectivity index (χ2n) is 5.56. The van der Waals surface area contributed by atoms with Crippen LogP contribution in [0.1, 0.15) is 35.3 Å². The molecular weight excluding hydrogens is 240 g/mol. The van der Waals surface area contributed by atoms with Crippen LogP contribution in [0.5, 0.6) is 0 Å². The smallest absolute Gasteiger partial charge is 0.253 e. The molecule has 1 fully saturated rings. The minimum Gasteiger partial charge on any atom is -0.397 e. The van der Waals surface area contributed by atoms with Crippen molar-refractivity contribution in [2.45, 2.75) is 31.7 Å². The van der Waals surface area contributed by atoms with E-state index in [1.165, 1.54) is 6.42 Å². The molecule has 0 aromatic carbocycles. The van der Waals surface area contributed by atoms with Gasteiger partial charge in [-0.2, -0.15) is 0 Å². The van der Waals surface area contributed by atoms with Crippen LogP contribution in [-0.4, -0.2) is 42.0 Å². The molecule has 1 amide bonds. The van der Waals surface area contributed by atoms with Crippen LogP contribution in [0.3, 0.4) is 0 Å². The van der Waals surface area contributed by atoms with Crippen molar-refractivity contribution in [1.29, 1.82) is 0 Å². The fraction of sp³-hybridized carbons (Fsp3) is 0.571. The average Bonchev–Trinajstić information content (AvgIpc) is 2.30. The highest BCUT2D eigenvalue weighted by Gasteiger charge is 2.39. The summed E-state index contributed by atoms with van der Waals surface area (Å²) in [5.41, 5.74) is 7.59. The zero-order valence-corrected chi connectivity index (χ0v) is 11.9. The van der Waals surface area contributed by atoms with Gasteiger partial charge in [0.25, 0.3) is 5.91 Å². The Kier molecular flexibility index (Phi) is 3.75. The van der Waals surface area contributed by atoms with E-state index in [0.29, 0.717) is 23.5 Å². The molecule has 1 aromatic heterocycles. The number of amides is 1. The molecule has 19 heavy (non-hydrogen) atoms. The molecule has 0 atom stereocenters. The maximum Gasteiger partial charge on any atom is 0.253 e. The monoisotopic (exact) mass is 262 g/mol.